The molecule has 3 N–H and O–H groups in total. The Kier molecular flexibility index (Phi) is 13.0. The Morgan fingerprint density at radius 3 is 1.60 bits per heavy atom. The lowest BCUT2D eigenvalue weighted by Crippen LogP contribution is -2.36. The van der Waals surface area contributed by atoms with Crippen LogP contribution in [-0.4, -0.2) is 68.3 Å². The SMILES string of the molecule is Cc1ccc(Cn2c(SC(C)C(=O)N[C@@H](CO)c3ccccc3)nc3cccnc32)cc1.Cc1ccc(Cn2c(SC(C)C(=O)O)nc3cccnc32)cc1. The number of benzene rings is 3. The lowest BCUT2D eigenvalue weighted by molar-refractivity contribution is -0.136. The van der Waals surface area contributed by atoms with Gasteiger partial charge in [0.1, 0.15) is 16.3 Å². The number of aromatic nitrogens is 6. The topological polar surface area (TPSA) is 148 Å². The summed E-state index contributed by atoms with van der Waals surface area (Å²) < 4.78 is 4.03. The first-order chi connectivity index (χ1) is 26.6. The molecule has 0 aliphatic heterocycles. The summed E-state index contributed by atoms with van der Waals surface area (Å²) >= 11 is 2.63. The number of hydrogen-bond acceptors (Lipinski definition) is 9. The molecule has 7 aromatic rings. The number of aliphatic hydroxyl groups is 1. The van der Waals surface area contributed by atoms with Gasteiger partial charge in [-0.3, -0.25) is 18.7 Å². The molecule has 0 bridgehead atoms. The summed E-state index contributed by atoms with van der Waals surface area (Å²) in [5, 5.41) is 22.3. The number of amides is 1. The number of hydrogen-bond donors (Lipinski definition) is 3. The molecule has 4 heterocycles. The third-order valence-electron chi connectivity index (χ3n) is 8.84. The van der Waals surface area contributed by atoms with Crippen molar-refractivity contribution in [3.63, 3.8) is 0 Å². The predicted octanol–water partition coefficient (Wildman–Crippen LogP) is 7.47. The first kappa shape index (κ1) is 39.2. The summed E-state index contributed by atoms with van der Waals surface area (Å²) in [7, 11) is 0. The van der Waals surface area contributed by atoms with E-state index in [1.807, 2.05) is 73.0 Å². The van der Waals surface area contributed by atoms with Crippen molar-refractivity contribution < 1.29 is 19.8 Å². The standard InChI is InChI=1S/C25H26N4O2S.C17H17N3O2S/c1-17-10-12-19(13-11-17)15-29-23-21(9-6-14-26-23)28-25(29)32-18(2)24(31)27-22(16-30)20-7-4-3-5-8-20;1-11-5-7-13(8-6-11)10-20-15-14(4-3-9-18-15)19-17(20)23-12(2)16(21)22/h3-14,18,22,30H,15-16H2,1-2H3,(H,27,31);3-9,12H,10H2,1-2H3,(H,21,22)/t18?,22-;/m0./s1. The zero-order valence-electron chi connectivity index (χ0n) is 31.0. The van der Waals surface area contributed by atoms with Gasteiger partial charge in [0.2, 0.25) is 5.91 Å². The summed E-state index contributed by atoms with van der Waals surface area (Å²) in [6, 6.07) is 33.2. The first-order valence-electron chi connectivity index (χ1n) is 17.9. The molecule has 4 aromatic heterocycles. The minimum absolute atomic E-state index is 0.153. The van der Waals surface area contributed by atoms with E-state index in [9.17, 15) is 14.7 Å². The molecule has 0 fully saturated rings. The number of nitrogens with one attached hydrogen (secondary N) is 1. The molecular weight excluding hydrogens is 731 g/mol. The van der Waals surface area contributed by atoms with Crippen LogP contribution in [0.15, 0.2) is 126 Å². The number of carbonyl (C=O) groups excluding carboxylic acids is 1. The maximum atomic E-state index is 12.9. The first-order valence-corrected chi connectivity index (χ1v) is 19.6. The van der Waals surface area contributed by atoms with Gasteiger partial charge in [-0.2, -0.15) is 0 Å². The molecule has 3 aromatic carbocycles. The van der Waals surface area contributed by atoms with Crippen molar-refractivity contribution >= 4 is 57.7 Å². The Morgan fingerprint density at radius 1 is 0.673 bits per heavy atom. The van der Waals surface area contributed by atoms with Crippen LogP contribution in [0.3, 0.4) is 0 Å². The smallest absolute Gasteiger partial charge is 0.316 e. The van der Waals surface area contributed by atoms with Crippen LogP contribution >= 0.6 is 23.5 Å². The number of rotatable bonds is 13. The molecule has 55 heavy (non-hydrogen) atoms. The second kappa shape index (κ2) is 18.2. The fourth-order valence-electron chi connectivity index (χ4n) is 5.72. The number of carboxylic acid groups (broad SMARTS) is 1. The zero-order chi connectivity index (χ0) is 38.9. The van der Waals surface area contributed by atoms with E-state index < -0.39 is 22.5 Å². The molecule has 0 spiro atoms. The molecule has 7 rings (SSSR count). The molecule has 282 valence electrons. The molecule has 0 saturated heterocycles. The maximum absolute atomic E-state index is 12.9. The van der Waals surface area contributed by atoms with Crippen LogP contribution in [0, 0.1) is 13.8 Å². The van der Waals surface area contributed by atoms with E-state index in [1.165, 1.54) is 34.7 Å². The normalized spacial score (nSPS) is 12.8. The number of aryl methyl sites for hydroxylation is 2. The van der Waals surface area contributed by atoms with Crippen LogP contribution in [0.4, 0.5) is 0 Å². The van der Waals surface area contributed by atoms with Crippen molar-refractivity contribution in [3.05, 3.63) is 143 Å². The number of aliphatic carboxylic acids is 1. The molecule has 0 aliphatic rings. The minimum Gasteiger partial charge on any atom is -0.480 e. The van der Waals surface area contributed by atoms with Gasteiger partial charge < -0.3 is 15.5 Å². The lowest BCUT2D eigenvalue weighted by atomic mass is 10.1. The Bertz CT molecular complexity index is 2360. The molecule has 0 aliphatic carbocycles. The van der Waals surface area contributed by atoms with Crippen molar-refractivity contribution in [2.75, 3.05) is 6.61 Å². The molecule has 13 heteroatoms. The third-order valence-corrected chi connectivity index (χ3v) is 11.0. The summed E-state index contributed by atoms with van der Waals surface area (Å²) in [6.07, 6.45) is 3.48. The van der Waals surface area contributed by atoms with E-state index in [4.69, 9.17) is 10.1 Å². The highest BCUT2D eigenvalue weighted by molar-refractivity contribution is 8.00. The van der Waals surface area contributed by atoms with E-state index in [0.717, 1.165) is 44.2 Å². The number of imidazole rings is 2. The predicted molar refractivity (Wildman–Crippen MR) is 218 cm³/mol. The molecule has 2 unspecified atom stereocenters. The fraction of sp³-hybridized carbons (Fsp3) is 0.238. The molecule has 3 atom stereocenters. The van der Waals surface area contributed by atoms with Crippen molar-refractivity contribution in [2.24, 2.45) is 0 Å². The quantitative estimate of drug-likeness (QED) is 0.101. The molecule has 0 radical (unpaired) electrons. The molecule has 0 saturated carbocycles. The second-order valence-electron chi connectivity index (χ2n) is 13.1. The largest absolute Gasteiger partial charge is 0.480 e. The Morgan fingerprint density at radius 2 is 1.15 bits per heavy atom. The van der Waals surface area contributed by atoms with Crippen LogP contribution in [-0.2, 0) is 22.7 Å². The zero-order valence-corrected chi connectivity index (χ0v) is 32.7. The van der Waals surface area contributed by atoms with Gasteiger partial charge in [0.25, 0.3) is 0 Å². The van der Waals surface area contributed by atoms with Crippen molar-refractivity contribution in [1.82, 2.24) is 34.4 Å². The number of pyridine rings is 2. The maximum Gasteiger partial charge on any atom is 0.316 e. The third kappa shape index (κ3) is 9.98. The highest BCUT2D eigenvalue weighted by Gasteiger charge is 2.23. The Labute approximate surface area is 328 Å². The summed E-state index contributed by atoms with van der Waals surface area (Å²) in [5.41, 5.74) is 8.70. The Balaban J connectivity index is 0.000000197. The van der Waals surface area contributed by atoms with Crippen LogP contribution in [0.25, 0.3) is 22.3 Å². The van der Waals surface area contributed by atoms with Crippen LogP contribution in [0.5, 0.6) is 0 Å². The summed E-state index contributed by atoms with van der Waals surface area (Å²) in [6.45, 7) is 8.69. The monoisotopic (exact) mass is 773 g/mol. The number of carboxylic acids is 1. The average molecular weight is 774 g/mol. The second-order valence-corrected chi connectivity index (χ2v) is 15.8. The average Bonchev–Trinajstić information content (AvgIpc) is 3.72. The van der Waals surface area contributed by atoms with Gasteiger partial charge in [-0.15, -0.1) is 0 Å². The van der Waals surface area contributed by atoms with Gasteiger partial charge in [0, 0.05) is 12.4 Å². The van der Waals surface area contributed by atoms with Gasteiger partial charge in [0.15, 0.2) is 21.6 Å². The number of aliphatic hydroxyl groups excluding tert-OH is 1. The van der Waals surface area contributed by atoms with E-state index in [-0.39, 0.29) is 12.5 Å². The van der Waals surface area contributed by atoms with Gasteiger partial charge >= 0.3 is 5.97 Å². The summed E-state index contributed by atoms with van der Waals surface area (Å²) in [5.74, 6) is -1.00. The van der Waals surface area contributed by atoms with Crippen molar-refractivity contribution in [2.45, 2.75) is 67.6 Å². The highest BCUT2D eigenvalue weighted by Crippen LogP contribution is 2.29. The number of carbonyl (C=O) groups is 2. The minimum atomic E-state index is -0.850. The molecular formula is C42H43N7O4S2. The van der Waals surface area contributed by atoms with Crippen LogP contribution < -0.4 is 5.32 Å². The van der Waals surface area contributed by atoms with Gasteiger partial charge in [-0.25, -0.2) is 19.9 Å². The van der Waals surface area contributed by atoms with Gasteiger partial charge in [-0.1, -0.05) is 114 Å². The van der Waals surface area contributed by atoms with Crippen molar-refractivity contribution in [3.8, 4) is 0 Å². The van der Waals surface area contributed by atoms with E-state index >= 15 is 0 Å². The number of nitrogens with zero attached hydrogens (tertiary/aromatic N) is 6. The summed E-state index contributed by atoms with van der Waals surface area (Å²) in [4.78, 5) is 42.3. The Hall–Kier alpha value is -5.50. The fourth-order valence-corrected chi connectivity index (χ4v) is 7.49. The highest BCUT2D eigenvalue weighted by atomic mass is 32.2. The number of fused-ring (bicyclic) bond motifs is 2. The van der Waals surface area contributed by atoms with Gasteiger partial charge in [0.05, 0.1) is 31.0 Å². The van der Waals surface area contributed by atoms with E-state index in [1.54, 1.807) is 19.3 Å². The van der Waals surface area contributed by atoms with Crippen LogP contribution in [0.1, 0.15) is 47.7 Å². The van der Waals surface area contributed by atoms with E-state index in [2.05, 4.69) is 80.3 Å². The number of thioether (sulfide) groups is 2. The van der Waals surface area contributed by atoms with Crippen LogP contribution in [0.2, 0.25) is 0 Å². The molecule has 1 amide bonds. The van der Waals surface area contributed by atoms with Gasteiger partial charge in [-0.05, 0) is 68.7 Å². The lowest BCUT2D eigenvalue weighted by Gasteiger charge is -2.19. The molecule has 11 nitrogen and oxygen atoms in total. The van der Waals surface area contributed by atoms with E-state index in [0.29, 0.717) is 18.2 Å². The van der Waals surface area contributed by atoms with Crippen molar-refractivity contribution in [1.29, 1.82) is 0 Å².